The van der Waals surface area contributed by atoms with E-state index in [-0.39, 0.29) is 19.8 Å². The molecule has 0 aliphatic carbocycles. The highest BCUT2D eigenvalue weighted by Crippen LogP contribution is 2.28. The maximum atomic E-state index is 11.9. The van der Waals surface area contributed by atoms with Crippen LogP contribution in [0, 0.1) is 0 Å². The van der Waals surface area contributed by atoms with Gasteiger partial charge in [0.2, 0.25) is 5.91 Å². The number of hydrogen-bond acceptors (Lipinski definition) is 12. The Morgan fingerprint density at radius 3 is 1.90 bits per heavy atom. The zero-order chi connectivity index (χ0) is 29.3. The predicted octanol–water partition coefficient (Wildman–Crippen LogP) is 0.909. The van der Waals surface area contributed by atoms with E-state index in [9.17, 15) is 19.2 Å². The van der Waals surface area contributed by atoms with E-state index >= 15 is 0 Å². The fourth-order valence-corrected chi connectivity index (χ4v) is 3.86. The Hall–Kier alpha value is -3.10. The fourth-order valence-electron chi connectivity index (χ4n) is 3.86. The first kappa shape index (κ1) is 33.1. The summed E-state index contributed by atoms with van der Waals surface area (Å²) in [6, 6.07) is 8.81. The molecule has 1 heterocycles. The normalized spacial score (nSPS) is 22.2. The van der Waals surface area contributed by atoms with E-state index in [1.54, 1.807) is 0 Å². The zero-order valence-electron chi connectivity index (χ0n) is 23.3. The Labute approximate surface area is 233 Å². The molecule has 1 aromatic rings. The van der Waals surface area contributed by atoms with Crippen molar-refractivity contribution >= 4 is 23.8 Å². The molecule has 1 fully saturated rings. The van der Waals surface area contributed by atoms with Crippen molar-refractivity contribution in [1.82, 2.24) is 5.32 Å². The maximum Gasteiger partial charge on any atom is 0.303 e. The first-order valence-corrected chi connectivity index (χ1v) is 13.0. The van der Waals surface area contributed by atoms with Crippen LogP contribution in [0.1, 0.15) is 33.3 Å². The van der Waals surface area contributed by atoms with Gasteiger partial charge in [-0.25, -0.2) is 0 Å². The Morgan fingerprint density at radius 2 is 1.32 bits per heavy atom. The van der Waals surface area contributed by atoms with Crippen molar-refractivity contribution in [2.75, 3.05) is 46.2 Å². The molecular weight excluding hydrogens is 530 g/mol. The van der Waals surface area contributed by atoms with Gasteiger partial charge < -0.3 is 43.2 Å². The Kier molecular flexibility index (Phi) is 15.1. The molecule has 40 heavy (non-hydrogen) atoms. The molecule has 2 rings (SSSR count). The number of ether oxygens (including phenoxy) is 8. The lowest BCUT2D eigenvalue weighted by atomic mass is 9.96. The molecule has 13 heteroatoms. The summed E-state index contributed by atoms with van der Waals surface area (Å²) >= 11 is 0. The van der Waals surface area contributed by atoms with Gasteiger partial charge in [0.25, 0.3) is 0 Å². The highest BCUT2D eigenvalue weighted by molar-refractivity contribution is 5.73. The minimum Gasteiger partial charge on any atom is -0.463 e. The highest BCUT2D eigenvalue weighted by atomic mass is 16.7. The van der Waals surface area contributed by atoms with Gasteiger partial charge >= 0.3 is 17.9 Å². The van der Waals surface area contributed by atoms with Crippen LogP contribution < -0.4 is 5.32 Å². The predicted molar refractivity (Wildman–Crippen MR) is 138 cm³/mol. The van der Waals surface area contributed by atoms with Gasteiger partial charge in [-0.05, 0) is 5.56 Å². The average molecular weight is 570 g/mol. The molecule has 0 spiro atoms. The summed E-state index contributed by atoms with van der Waals surface area (Å²) in [5.74, 6) is -2.41. The van der Waals surface area contributed by atoms with Crippen LogP contribution in [-0.2, 0) is 63.7 Å². The zero-order valence-corrected chi connectivity index (χ0v) is 23.3. The molecular formula is C27H39NO12. The second-order valence-electron chi connectivity index (χ2n) is 8.85. The van der Waals surface area contributed by atoms with Crippen molar-refractivity contribution in [3.8, 4) is 0 Å². The van der Waals surface area contributed by atoms with Crippen LogP contribution >= 0.6 is 0 Å². The number of hydrogen-bond donors (Lipinski definition) is 1. The van der Waals surface area contributed by atoms with E-state index in [1.165, 1.54) is 27.7 Å². The first-order chi connectivity index (χ1) is 19.2. The number of carbonyl (C=O) groups excluding carboxylic acids is 4. The molecule has 0 unspecified atom stereocenters. The molecule has 1 aromatic carbocycles. The molecule has 0 radical (unpaired) electrons. The maximum absolute atomic E-state index is 11.9. The molecule has 1 amide bonds. The van der Waals surface area contributed by atoms with Gasteiger partial charge in [-0.15, -0.1) is 0 Å². The van der Waals surface area contributed by atoms with Crippen LogP contribution in [0.15, 0.2) is 30.3 Å². The van der Waals surface area contributed by atoms with Crippen molar-refractivity contribution in [2.24, 2.45) is 0 Å². The van der Waals surface area contributed by atoms with Gasteiger partial charge in [0.1, 0.15) is 18.8 Å². The van der Waals surface area contributed by atoms with Crippen molar-refractivity contribution in [2.45, 2.75) is 64.9 Å². The Bertz CT molecular complexity index is 927. The average Bonchev–Trinajstić information content (AvgIpc) is 2.89. The van der Waals surface area contributed by atoms with Gasteiger partial charge in [-0.1, -0.05) is 30.3 Å². The summed E-state index contributed by atoms with van der Waals surface area (Å²) in [7, 11) is 0. The number of carbonyl (C=O) groups is 4. The van der Waals surface area contributed by atoms with Crippen LogP contribution in [0.2, 0.25) is 0 Å². The third-order valence-corrected chi connectivity index (χ3v) is 5.44. The third kappa shape index (κ3) is 12.8. The third-order valence-electron chi connectivity index (χ3n) is 5.44. The van der Waals surface area contributed by atoms with Gasteiger partial charge in [0.15, 0.2) is 18.5 Å². The monoisotopic (exact) mass is 569 g/mol. The summed E-state index contributed by atoms with van der Waals surface area (Å²) in [6.07, 6.45) is -4.53. The number of rotatable bonds is 17. The largest absolute Gasteiger partial charge is 0.463 e. The van der Waals surface area contributed by atoms with Crippen LogP contribution in [-0.4, -0.2) is 101 Å². The molecule has 0 aromatic heterocycles. The van der Waals surface area contributed by atoms with Crippen LogP contribution in [0.5, 0.6) is 0 Å². The number of benzene rings is 1. The molecule has 1 aliphatic rings. The topological polar surface area (TPSA) is 154 Å². The quantitative estimate of drug-likeness (QED) is 0.161. The van der Waals surface area contributed by atoms with E-state index < -0.39 is 54.5 Å². The lowest BCUT2D eigenvalue weighted by Gasteiger charge is -2.44. The first-order valence-electron chi connectivity index (χ1n) is 13.0. The molecule has 224 valence electrons. The van der Waals surface area contributed by atoms with Gasteiger partial charge in [0, 0.05) is 27.7 Å². The van der Waals surface area contributed by atoms with Crippen molar-refractivity contribution in [3.05, 3.63) is 35.9 Å². The summed E-state index contributed by atoms with van der Waals surface area (Å²) in [5.41, 5.74) is 1.09. The van der Waals surface area contributed by atoms with E-state index in [4.69, 9.17) is 37.9 Å². The van der Waals surface area contributed by atoms with Crippen LogP contribution in [0.25, 0.3) is 0 Å². The minimum atomic E-state index is -1.18. The molecule has 1 saturated heterocycles. The van der Waals surface area contributed by atoms with E-state index in [2.05, 4.69) is 5.32 Å². The van der Waals surface area contributed by atoms with Crippen molar-refractivity contribution in [1.29, 1.82) is 0 Å². The van der Waals surface area contributed by atoms with Gasteiger partial charge in [0.05, 0.1) is 46.2 Å². The fraction of sp³-hybridized carbons (Fsp3) is 0.630. The standard InChI is InChI=1S/C27H39NO12/c1-18(29)28-24-26(39-21(4)32)25(38-20(3)31)23(17-37-19(2)30)40-27(24)36-15-14-34-11-10-33-12-13-35-16-22-8-6-5-7-9-22/h5-9,23-27H,10-17H2,1-4H3,(H,28,29)/t23-,24-,25+,26-,27-/m1/s1. The SMILES string of the molecule is CC(=O)N[C@H]1[C@H](OCCOCCOCCOCc2ccccc2)O[C@H](COC(C)=O)[C@H](OC(C)=O)[C@@H]1OC(C)=O. The summed E-state index contributed by atoms with van der Waals surface area (Å²) in [4.78, 5) is 47.0. The van der Waals surface area contributed by atoms with Crippen LogP contribution in [0.4, 0.5) is 0 Å². The Balaban J connectivity index is 1.84. The molecule has 1 aliphatic heterocycles. The molecule has 5 atom stereocenters. The lowest BCUT2D eigenvalue weighted by molar-refractivity contribution is -0.279. The number of esters is 3. The second-order valence-corrected chi connectivity index (χ2v) is 8.85. The Morgan fingerprint density at radius 1 is 0.750 bits per heavy atom. The summed E-state index contributed by atoms with van der Waals surface area (Å²) < 4.78 is 44.1. The molecule has 0 saturated carbocycles. The minimum absolute atomic E-state index is 0.0479. The molecule has 13 nitrogen and oxygen atoms in total. The smallest absolute Gasteiger partial charge is 0.303 e. The van der Waals surface area contributed by atoms with Crippen molar-refractivity contribution < 1.29 is 57.1 Å². The summed E-state index contributed by atoms with van der Waals surface area (Å²) in [5, 5.41) is 2.63. The highest BCUT2D eigenvalue weighted by Gasteiger charge is 2.51. The van der Waals surface area contributed by atoms with Crippen molar-refractivity contribution in [3.63, 3.8) is 0 Å². The van der Waals surface area contributed by atoms with E-state index in [0.717, 1.165) is 5.56 Å². The molecule has 0 bridgehead atoms. The lowest BCUT2D eigenvalue weighted by Crippen LogP contribution is -2.66. The number of amides is 1. The number of nitrogens with one attached hydrogen (secondary N) is 1. The van der Waals surface area contributed by atoms with Gasteiger partial charge in [-0.3, -0.25) is 19.2 Å². The summed E-state index contributed by atoms with van der Waals surface area (Å²) in [6.45, 7) is 6.78. The van der Waals surface area contributed by atoms with E-state index in [0.29, 0.717) is 33.0 Å². The van der Waals surface area contributed by atoms with E-state index in [1.807, 2.05) is 30.3 Å². The van der Waals surface area contributed by atoms with Crippen LogP contribution in [0.3, 0.4) is 0 Å². The second kappa shape index (κ2) is 18.3. The molecule has 1 N–H and O–H groups in total. The van der Waals surface area contributed by atoms with Gasteiger partial charge in [-0.2, -0.15) is 0 Å².